The van der Waals surface area contributed by atoms with Crippen LogP contribution in [-0.2, 0) is 20.8 Å². The van der Waals surface area contributed by atoms with Gasteiger partial charge in [-0.3, -0.25) is 0 Å². The quantitative estimate of drug-likeness (QED) is 0.686. The number of anilines is 1. The lowest BCUT2D eigenvalue weighted by Gasteiger charge is -2.37. The molecule has 9 heteroatoms. The minimum Gasteiger partial charge on any atom is -0.461 e. The molecule has 2 heterocycles. The van der Waals surface area contributed by atoms with Gasteiger partial charge in [0.1, 0.15) is 12.4 Å². The van der Waals surface area contributed by atoms with Gasteiger partial charge >= 0.3 is 12.1 Å². The molecule has 1 aliphatic rings. The second-order valence-corrected chi connectivity index (χ2v) is 6.94. The number of methoxy groups -OCH3 is 1. The number of nitrogens with zero attached hydrogens (tertiary/aromatic N) is 2. The van der Waals surface area contributed by atoms with Gasteiger partial charge in [0.25, 0.3) is 6.01 Å². The Labute approximate surface area is 175 Å². The average Bonchev–Trinajstić information content (AvgIpc) is 3.15. The van der Waals surface area contributed by atoms with Crippen LogP contribution >= 0.6 is 0 Å². The summed E-state index contributed by atoms with van der Waals surface area (Å²) in [6.45, 7) is 4.90. The molecular weight excluding hydrogens is 390 g/mol. The Morgan fingerprint density at radius 2 is 2.03 bits per heavy atom. The number of esters is 1. The molecule has 0 saturated carbocycles. The highest BCUT2D eigenvalue weighted by molar-refractivity contribution is 5.88. The lowest BCUT2D eigenvalue weighted by atomic mass is 10.0. The van der Waals surface area contributed by atoms with Crippen molar-refractivity contribution >= 4 is 18.1 Å². The maximum atomic E-state index is 12.2. The van der Waals surface area contributed by atoms with Gasteiger partial charge in [0.2, 0.25) is 0 Å². The van der Waals surface area contributed by atoms with E-state index in [0.717, 1.165) is 5.56 Å². The zero-order valence-corrected chi connectivity index (χ0v) is 17.4. The summed E-state index contributed by atoms with van der Waals surface area (Å²) in [4.78, 5) is 30.3. The van der Waals surface area contributed by atoms with Crippen LogP contribution in [0.4, 0.5) is 10.8 Å². The molecule has 0 unspecified atom stereocenters. The van der Waals surface area contributed by atoms with Crippen LogP contribution in [0.2, 0.25) is 0 Å². The summed E-state index contributed by atoms with van der Waals surface area (Å²) >= 11 is 0. The number of nitrogens with one attached hydrogen (secondary N) is 1. The monoisotopic (exact) mass is 417 g/mol. The SMILES string of the molecule is CCOC(=O)c1nc(N2CC[C@H](NC(=O)OCc3ccccc3)[C@H](OC)C2)oc1C. The minimum absolute atomic E-state index is 0.172. The molecule has 2 aromatic rings. The highest BCUT2D eigenvalue weighted by Crippen LogP contribution is 2.24. The lowest BCUT2D eigenvalue weighted by Crippen LogP contribution is -2.55. The van der Waals surface area contributed by atoms with Crippen molar-refractivity contribution in [2.24, 2.45) is 0 Å². The number of rotatable bonds is 7. The fourth-order valence-corrected chi connectivity index (χ4v) is 3.32. The molecule has 1 saturated heterocycles. The molecule has 162 valence electrons. The summed E-state index contributed by atoms with van der Waals surface area (Å²) in [6.07, 6.45) is -0.174. The number of aromatic nitrogens is 1. The van der Waals surface area contributed by atoms with Gasteiger partial charge in [-0.25, -0.2) is 9.59 Å². The van der Waals surface area contributed by atoms with Gasteiger partial charge < -0.3 is 28.8 Å². The van der Waals surface area contributed by atoms with Crippen LogP contribution in [0, 0.1) is 6.92 Å². The number of carbonyl (C=O) groups excluding carboxylic acids is 2. The molecule has 1 N–H and O–H groups in total. The molecule has 1 aliphatic heterocycles. The number of hydrogen-bond acceptors (Lipinski definition) is 8. The highest BCUT2D eigenvalue weighted by atomic mass is 16.5. The number of oxazole rings is 1. The van der Waals surface area contributed by atoms with E-state index in [9.17, 15) is 9.59 Å². The number of ether oxygens (including phenoxy) is 3. The third kappa shape index (κ3) is 5.29. The second-order valence-electron chi connectivity index (χ2n) is 6.94. The van der Waals surface area contributed by atoms with Gasteiger partial charge in [-0.15, -0.1) is 0 Å². The number of alkyl carbamates (subject to hydrolysis) is 1. The fourth-order valence-electron chi connectivity index (χ4n) is 3.32. The number of benzene rings is 1. The van der Waals surface area contributed by atoms with Crippen molar-refractivity contribution in [1.29, 1.82) is 0 Å². The van der Waals surface area contributed by atoms with E-state index in [-0.39, 0.29) is 31.1 Å². The number of carbonyl (C=O) groups is 2. The van der Waals surface area contributed by atoms with Crippen LogP contribution in [0.1, 0.15) is 35.2 Å². The molecule has 3 rings (SSSR count). The van der Waals surface area contributed by atoms with Crippen LogP contribution in [0.5, 0.6) is 0 Å². The number of amides is 1. The molecule has 2 atom stereocenters. The Hall–Kier alpha value is -3.07. The van der Waals surface area contributed by atoms with Gasteiger partial charge in [-0.1, -0.05) is 30.3 Å². The van der Waals surface area contributed by atoms with Crippen molar-refractivity contribution in [2.45, 2.75) is 39.0 Å². The van der Waals surface area contributed by atoms with Gasteiger partial charge in [0.05, 0.1) is 25.3 Å². The molecule has 0 radical (unpaired) electrons. The Balaban J connectivity index is 1.56. The Morgan fingerprint density at radius 1 is 1.27 bits per heavy atom. The molecule has 1 fully saturated rings. The van der Waals surface area contributed by atoms with E-state index in [1.807, 2.05) is 35.2 Å². The van der Waals surface area contributed by atoms with Gasteiger partial charge in [0, 0.05) is 13.7 Å². The molecule has 1 aromatic carbocycles. The summed E-state index contributed by atoms with van der Waals surface area (Å²) in [7, 11) is 1.59. The van der Waals surface area contributed by atoms with Crippen LogP contribution in [-0.4, -0.2) is 56.0 Å². The summed E-state index contributed by atoms with van der Waals surface area (Å²) in [5.74, 6) is -0.104. The molecule has 1 amide bonds. The second kappa shape index (κ2) is 10.1. The molecule has 1 aromatic heterocycles. The number of piperidine rings is 1. The average molecular weight is 417 g/mol. The van der Waals surface area contributed by atoms with E-state index in [2.05, 4.69) is 10.3 Å². The van der Waals surface area contributed by atoms with Crippen LogP contribution < -0.4 is 10.2 Å². The van der Waals surface area contributed by atoms with Crippen LogP contribution in [0.3, 0.4) is 0 Å². The zero-order valence-electron chi connectivity index (χ0n) is 17.4. The lowest BCUT2D eigenvalue weighted by molar-refractivity contribution is 0.0517. The zero-order chi connectivity index (χ0) is 21.5. The Kier molecular flexibility index (Phi) is 7.29. The highest BCUT2D eigenvalue weighted by Gasteiger charge is 2.33. The third-order valence-corrected chi connectivity index (χ3v) is 4.90. The van der Waals surface area contributed by atoms with Crippen molar-refractivity contribution in [1.82, 2.24) is 10.3 Å². The predicted molar refractivity (Wildman–Crippen MR) is 108 cm³/mol. The van der Waals surface area contributed by atoms with E-state index in [1.54, 1.807) is 21.0 Å². The van der Waals surface area contributed by atoms with Crippen molar-refractivity contribution < 1.29 is 28.2 Å². The first kappa shape index (κ1) is 21.6. The fraction of sp³-hybridized carbons (Fsp3) is 0.476. The first-order chi connectivity index (χ1) is 14.5. The maximum absolute atomic E-state index is 12.2. The van der Waals surface area contributed by atoms with E-state index in [0.29, 0.717) is 31.3 Å². The van der Waals surface area contributed by atoms with Crippen molar-refractivity contribution in [3.05, 3.63) is 47.3 Å². The van der Waals surface area contributed by atoms with E-state index in [1.165, 1.54) is 0 Å². The number of hydrogen-bond donors (Lipinski definition) is 1. The topological polar surface area (TPSA) is 103 Å². The summed E-state index contributed by atoms with van der Waals surface area (Å²) in [6, 6.07) is 9.61. The molecule has 9 nitrogen and oxygen atoms in total. The molecular formula is C21H27N3O6. The van der Waals surface area contributed by atoms with Crippen LogP contribution in [0.15, 0.2) is 34.7 Å². The van der Waals surface area contributed by atoms with Gasteiger partial charge in [0.15, 0.2) is 5.69 Å². The number of aryl methyl sites for hydroxylation is 1. The first-order valence-corrected chi connectivity index (χ1v) is 9.91. The van der Waals surface area contributed by atoms with E-state index in [4.69, 9.17) is 18.6 Å². The predicted octanol–water partition coefficient (Wildman–Crippen LogP) is 2.68. The standard InChI is InChI=1S/C21H27N3O6/c1-4-28-19(25)18-14(2)30-20(23-18)24-11-10-16(17(12-24)27-3)22-21(26)29-13-15-8-6-5-7-9-15/h5-9,16-17H,4,10-13H2,1-3H3,(H,22,26)/t16-,17+/m0/s1. The molecule has 30 heavy (non-hydrogen) atoms. The van der Waals surface area contributed by atoms with Gasteiger partial charge in [-0.2, -0.15) is 4.98 Å². The normalized spacial score (nSPS) is 18.7. The van der Waals surface area contributed by atoms with Crippen molar-refractivity contribution in [2.75, 3.05) is 31.7 Å². The van der Waals surface area contributed by atoms with Crippen molar-refractivity contribution in [3.63, 3.8) is 0 Å². The minimum atomic E-state index is -0.508. The molecule has 0 bridgehead atoms. The Morgan fingerprint density at radius 3 is 2.73 bits per heavy atom. The largest absolute Gasteiger partial charge is 0.461 e. The van der Waals surface area contributed by atoms with E-state index >= 15 is 0 Å². The summed E-state index contributed by atoms with van der Waals surface area (Å²) in [5, 5.41) is 2.88. The van der Waals surface area contributed by atoms with Crippen molar-refractivity contribution in [3.8, 4) is 0 Å². The third-order valence-electron chi connectivity index (χ3n) is 4.90. The summed E-state index contributed by atoms with van der Waals surface area (Å²) in [5.41, 5.74) is 1.09. The Bertz CT molecular complexity index is 854. The summed E-state index contributed by atoms with van der Waals surface area (Å²) < 4.78 is 21.5. The molecule has 0 aliphatic carbocycles. The van der Waals surface area contributed by atoms with Gasteiger partial charge in [-0.05, 0) is 25.8 Å². The first-order valence-electron chi connectivity index (χ1n) is 9.91. The van der Waals surface area contributed by atoms with E-state index < -0.39 is 12.1 Å². The smallest absolute Gasteiger partial charge is 0.407 e. The van der Waals surface area contributed by atoms with Crippen LogP contribution in [0.25, 0.3) is 0 Å². The maximum Gasteiger partial charge on any atom is 0.407 e. The molecule has 0 spiro atoms.